The zero-order valence-corrected chi connectivity index (χ0v) is 11.3. The first kappa shape index (κ1) is 13.4. The molecule has 0 atom stereocenters. The Bertz CT molecular complexity index is 614. The number of aromatic carboxylic acids is 1. The molecule has 2 aromatic rings. The normalized spacial score (nSPS) is 10.4. The number of anilines is 1. The van der Waals surface area contributed by atoms with Crippen LogP contribution in [0.3, 0.4) is 0 Å². The van der Waals surface area contributed by atoms with Gasteiger partial charge in [0.15, 0.2) is 0 Å². The second-order valence-electron chi connectivity index (χ2n) is 4.16. The molecule has 5 heteroatoms. The average Bonchev–Trinajstić information content (AvgIpc) is 2.37. The lowest BCUT2D eigenvalue weighted by molar-refractivity contribution is 0.0697. The number of nitrogens with zero attached hydrogens (tertiary/aromatic N) is 1. The molecule has 0 aliphatic heterocycles. The van der Waals surface area contributed by atoms with E-state index in [0.717, 1.165) is 5.56 Å². The van der Waals surface area contributed by atoms with Crippen LogP contribution in [-0.2, 0) is 5.75 Å². The number of hydrogen-bond donors (Lipinski definition) is 2. The number of pyridine rings is 1. The van der Waals surface area contributed by atoms with Gasteiger partial charge in [0.1, 0.15) is 5.03 Å². The summed E-state index contributed by atoms with van der Waals surface area (Å²) in [6, 6.07) is 9.55. The van der Waals surface area contributed by atoms with Crippen molar-refractivity contribution in [2.45, 2.75) is 17.7 Å². The van der Waals surface area contributed by atoms with Gasteiger partial charge < -0.3 is 10.8 Å². The van der Waals surface area contributed by atoms with Gasteiger partial charge in [-0.3, -0.25) is 0 Å². The lowest BCUT2D eigenvalue weighted by Crippen LogP contribution is -2.04. The Kier molecular flexibility index (Phi) is 4.06. The van der Waals surface area contributed by atoms with E-state index < -0.39 is 5.97 Å². The number of carbonyl (C=O) groups is 1. The van der Waals surface area contributed by atoms with Crippen molar-refractivity contribution >= 4 is 23.4 Å². The summed E-state index contributed by atoms with van der Waals surface area (Å²) < 4.78 is 0. The molecule has 0 fully saturated rings. The van der Waals surface area contributed by atoms with Gasteiger partial charge in [0.2, 0.25) is 0 Å². The number of aryl methyl sites for hydroxylation is 1. The van der Waals surface area contributed by atoms with Crippen molar-refractivity contribution in [3.8, 4) is 0 Å². The topological polar surface area (TPSA) is 76.2 Å². The van der Waals surface area contributed by atoms with E-state index in [1.165, 1.54) is 29.6 Å². The van der Waals surface area contributed by atoms with Crippen molar-refractivity contribution in [3.63, 3.8) is 0 Å². The highest BCUT2D eigenvalue weighted by Gasteiger charge is 2.12. The predicted molar refractivity (Wildman–Crippen MR) is 76.3 cm³/mol. The highest BCUT2D eigenvalue weighted by atomic mass is 32.2. The summed E-state index contributed by atoms with van der Waals surface area (Å²) in [5.41, 5.74) is 8.49. The standard InChI is InChI=1S/C14H14N2O2S/c1-9-3-2-4-10(7-9)8-19-13-12(15)11(14(17)18)5-6-16-13/h2-7H,8,15H2,1H3,(H,17,18). The molecule has 1 aromatic carbocycles. The van der Waals surface area contributed by atoms with Crippen LogP contribution in [0.5, 0.6) is 0 Å². The number of carboxylic acid groups (broad SMARTS) is 1. The fourth-order valence-electron chi connectivity index (χ4n) is 1.71. The first-order valence-electron chi connectivity index (χ1n) is 5.74. The van der Waals surface area contributed by atoms with E-state index in [1.807, 2.05) is 25.1 Å². The quantitative estimate of drug-likeness (QED) is 0.838. The number of benzene rings is 1. The average molecular weight is 274 g/mol. The van der Waals surface area contributed by atoms with Crippen LogP contribution < -0.4 is 5.73 Å². The van der Waals surface area contributed by atoms with Crippen molar-refractivity contribution in [3.05, 3.63) is 53.2 Å². The first-order chi connectivity index (χ1) is 9.08. The highest BCUT2D eigenvalue weighted by Crippen LogP contribution is 2.28. The first-order valence-corrected chi connectivity index (χ1v) is 6.72. The maximum absolute atomic E-state index is 11.0. The summed E-state index contributed by atoms with van der Waals surface area (Å²) in [6.45, 7) is 2.03. The number of rotatable bonds is 4. The molecule has 1 heterocycles. The number of nitrogens with two attached hydrogens (primary N) is 1. The van der Waals surface area contributed by atoms with Crippen LogP contribution in [0, 0.1) is 6.92 Å². The second-order valence-corrected chi connectivity index (χ2v) is 5.12. The summed E-state index contributed by atoms with van der Waals surface area (Å²) in [7, 11) is 0. The predicted octanol–water partition coefficient (Wildman–Crippen LogP) is 2.96. The fourth-order valence-corrected chi connectivity index (χ4v) is 2.59. The molecule has 98 valence electrons. The van der Waals surface area contributed by atoms with Gasteiger partial charge in [0.25, 0.3) is 0 Å². The summed E-state index contributed by atoms with van der Waals surface area (Å²) in [4.78, 5) is 15.1. The maximum Gasteiger partial charge on any atom is 0.337 e. The van der Waals surface area contributed by atoms with E-state index in [4.69, 9.17) is 10.8 Å². The van der Waals surface area contributed by atoms with Gasteiger partial charge in [0, 0.05) is 11.9 Å². The highest BCUT2D eigenvalue weighted by molar-refractivity contribution is 7.98. The van der Waals surface area contributed by atoms with Gasteiger partial charge in [-0.05, 0) is 18.6 Å². The third-order valence-electron chi connectivity index (χ3n) is 2.64. The Morgan fingerprint density at radius 1 is 1.42 bits per heavy atom. The Balaban J connectivity index is 2.16. The zero-order valence-electron chi connectivity index (χ0n) is 10.5. The summed E-state index contributed by atoms with van der Waals surface area (Å²) in [5.74, 6) is -0.320. The lowest BCUT2D eigenvalue weighted by Gasteiger charge is -2.07. The Hall–Kier alpha value is -2.01. The van der Waals surface area contributed by atoms with Crippen LogP contribution in [0.25, 0.3) is 0 Å². The summed E-state index contributed by atoms with van der Waals surface area (Å²) >= 11 is 1.44. The molecule has 0 amide bonds. The molecule has 19 heavy (non-hydrogen) atoms. The number of hydrogen-bond acceptors (Lipinski definition) is 4. The van der Waals surface area contributed by atoms with Crippen molar-refractivity contribution in [1.29, 1.82) is 0 Å². The molecule has 1 aromatic heterocycles. The molecule has 0 aliphatic carbocycles. The summed E-state index contributed by atoms with van der Waals surface area (Å²) in [6.07, 6.45) is 1.47. The molecule has 3 N–H and O–H groups in total. The van der Waals surface area contributed by atoms with Crippen LogP contribution in [-0.4, -0.2) is 16.1 Å². The van der Waals surface area contributed by atoms with Crippen LogP contribution in [0.4, 0.5) is 5.69 Å². The molecule has 0 unspecified atom stereocenters. The van der Waals surface area contributed by atoms with Crippen molar-refractivity contribution in [2.24, 2.45) is 0 Å². The molecule has 0 saturated heterocycles. The summed E-state index contributed by atoms with van der Waals surface area (Å²) in [5, 5.41) is 9.55. The monoisotopic (exact) mass is 274 g/mol. The molecule has 0 bridgehead atoms. The number of nitrogen functional groups attached to an aromatic ring is 1. The van der Waals surface area contributed by atoms with Crippen molar-refractivity contribution < 1.29 is 9.90 Å². The van der Waals surface area contributed by atoms with Gasteiger partial charge in [0.05, 0.1) is 11.3 Å². The molecular formula is C14H14N2O2S. The van der Waals surface area contributed by atoms with E-state index >= 15 is 0 Å². The molecule has 2 rings (SSSR count). The SMILES string of the molecule is Cc1cccc(CSc2nccc(C(=O)O)c2N)c1. The molecule has 4 nitrogen and oxygen atoms in total. The molecule has 0 saturated carbocycles. The smallest absolute Gasteiger partial charge is 0.337 e. The number of thioether (sulfide) groups is 1. The van der Waals surface area contributed by atoms with Crippen LogP contribution in [0.2, 0.25) is 0 Å². The minimum atomic E-state index is -1.03. The van der Waals surface area contributed by atoms with Crippen LogP contribution >= 0.6 is 11.8 Å². The largest absolute Gasteiger partial charge is 0.478 e. The van der Waals surface area contributed by atoms with Gasteiger partial charge in [-0.2, -0.15) is 0 Å². The zero-order chi connectivity index (χ0) is 13.8. The van der Waals surface area contributed by atoms with Gasteiger partial charge >= 0.3 is 5.97 Å². The van der Waals surface area contributed by atoms with Crippen molar-refractivity contribution in [1.82, 2.24) is 4.98 Å². The molecule has 0 aliphatic rings. The lowest BCUT2D eigenvalue weighted by atomic mass is 10.2. The fraction of sp³-hybridized carbons (Fsp3) is 0.143. The van der Waals surface area contributed by atoms with Gasteiger partial charge in [-0.25, -0.2) is 9.78 Å². The number of aromatic nitrogens is 1. The van der Waals surface area contributed by atoms with E-state index in [1.54, 1.807) is 0 Å². The Labute approximate surface area is 115 Å². The van der Waals surface area contributed by atoms with Crippen LogP contribution in [0.15, 0.2) is 41.6 Å². The third kappa shape index (κ3) is 3.26. The van der Waals surface area contributed by atoms with E-state index in [-0.39, 0.29) is 11.3 Å². The van der Waals surface area contributed by atoms with Crippen molar-refractivity contribution in [2.75, 3.05) is 5.73 Å². The van der Waals surface area contributed by atoms with Gasteiger partial charge in [-0.1, -0.05) is 41.6 Å². The van der Waals surface area contributed by atoms with E-state index in [9.17, 15) is 4.79 Å². The molecule has 0 spiro atoms. The van der Waals surface area contributed by atoms with E-state index in [0.29, 0.717) is 10.8 Å². The Morgan fingerprint density at radius 3 is 2.89 bits per heavy atom. The Morgan fingerprint density at radius 2 is 2.21 bits per heavy atom. The maximum atomic E-state index is 11.0. The van der Waals surface area contributed by atoms with E-state index in [2.05, 4.69) is 11.1 Å². The van der Waals surface area contributed by atoms with Crippen LogP contribution in [0.1, 0.15) is 21.5 Å². The minimum absolute atomic E-state index is 0.0988. The molecule has 0 radical (unpaired) electrons. The molecular weight excluding hydrogens is 260 g/mol. The minimum Gasteiger partial charge on any atom is -0.478 e. The third-order valence-corrected chi connectivity index (χ3v) is 3.72. The second kappa shape index (κ2) is 5.75. The van der Waals surface area contributed by atoms with Gasteiger partial charge in [-0.15, -0.1) is 0 Å². The number of carboxylic acids is 1.